The molecule has 0 saturated heterocycles. The summed E-state index contributed by atoms with van der Waals surface area (Å²) < 4.78 is 27.1. The number of carbonyl (C=O) groups excluding carboxylic acids is 3. The Morgan fingerprint density at radius 3 is 1.73 bits per heavy atom. The van der Waals surface area contributed by atoms with Crippen molar-refractivity contribution in [1.82, 2.24) is 0 Å². The third-order valence-corrected chi connectivity index (χ3v) is 7.70. The molecule has 3 aromatic rings. The van der Waals surface area contributed by atoms with Gasteiger partial charge in [0.05, 0.1) is 32.8 Å². The van der Waals surface area contributed by atoms with Gasteiger partial charge in [0.15, 0.2) is 0 Å². The van der Waals surface area contributed by atoms with Gasteiger partial charge in [-0.2, -0.15) is 0 Å². The van der Waals surface area contributed by atoms with Crippen molar-refractivity contribution in [3.05, 3.63) is 109 Å². The van der Waals surface area contributed by atoms with E-state index in [0.29, 0.717) is 32.7 Å². The smallest absolute Gasteiger partial charge is 0.333 e. The van der Waals surface area contributed by atoms with E-state index in [2.05, 4.69) is 43.5 Å². The quantitative estimate of drug-likeness (QED) is 0.0447. The molecule has 4 rings (SSSR count). The summed E-state index contributed by atoms with van der Waals surface area (Å²) in [4.78, 5) is 35.3. The summed E-state index contributed by atoms with van der Waals surface area (Å²) in [7, 11) is 0. The maximum Gasteiger partial charge on any atom is 0.333 e. The van der Waals surface area contributed by atoms with E-state index in [4.69, 9.17) is 23.7 Å². The lowest BCUT2D eigenvalue weighted by molar-refractivity contribution is -0.151. The Labute approximate surface area is 283 Å². The van der Waals surface area contributed by atoms with Crippen LogP contribution in [0.4, 0.5) is 0 Å². The minimum absolute atomic E-state index is 0.0467. The molecule has 0 amide bonds. The first-order valence-corrected chi connectivity index (χ1v) is 16.5. The van der Waals surface area contributed by atoms with Gasteiger partial charge in [-0.15, -0.1) is 0 Å². The number of carbonyl (C=O) groups is 3. The molecular formula is C40H44O8. The van der Waals surface area contributed by atoms with Gasteiger partial charge in [-0.05, 0) is 72.2 Å². The van der Waals surface area contributed by atoms with E-state index in [0.717, 1.165) is 65.5 Å². The van der Waals surface area contributed by atoms with Crippen molar-refractivity contribution in [2.24, 2.45) is 0 Å². The van der Waals surface area contributed by atoms with Crippen molar-refractivity contribution in [2.75, 3.05) is 26.4 Å². The summed E-state index contributed by atoms with van der Waals surface area (Å²) >= 11 is 0. The van der Waals surface area contributed by atoms with Gasteiger partial charge in [0, 0.05) is 24.5 Å². The molecule has 3 aromatic carbocycles. The Hall–Kier alpha value is -5.11. The molecule has 0 bridgehead atoms. The fourth-order valence-electron chi connectivity index (χ4n) is 5.05. The predicted molar refractivity (Wildman–Crippen MR) is 186 cm³/mol. The number of ether oxygens (including phenoxy) is 5. The van der Waals surface area contributed by atoms with Crippen LogP contribution in [0.1, 0.15) is 62.5 Å². The highest BCUT2D eigenvalue weighted by atomic mass is 16.5. The number of hydrogen-bond acceptors (Lipinski definition) is 8. The summed E-state index contributed by atoms with van der Waals surface area (Å²) in [5.74, 6) is 0.0546. The van der Waals surface area contributed by atoms with Gasteiger partial charge in [0.25, 0.3) is 0 Å². The molecule has 0 unspecified atom stereocenters. The standard InChI is InChI=1S/C40H44O8/c1-3-38(41)46-27-7-25-44-35-21-15-32(16-22-35)12-11-31-13-17-33(18-14-31)34-19-23-36(24-20-34)45-26-8-28-47-40(43)30(2)29-39(42)48-37-9-5-4-6-10-37/h3,11-24,37H,1-2,4-10,25-29H2/b12-11+. The molecule has 1 aliphatic carbocycles. The van der Waals surface area contributed by atoms with Crippen LogP contribution in [0.15, 0.2) is 97.6 Å². The maximum atomic E-state index is 12.2. The molecular weight excluding hydrogens is 608 g/mol. The van der Waals surface area contributed by atoms with Gasteiger partial charge in [-0.1, -0.05) is 80.3 Å². The van der Waals surface area contributed by atoms with Crippen LogP contribution in [0.2, 0.25) is 0 Å². The Bertz CT molecular complexity index is 1510. The molecule has 0 spiro atoms. The van der Waals surface area contributed by atoms with Crippen molar-refractivity contribution in [3.8, 4) is 22.6 Å². The second-order valence-electron chi connectivity index (χ2n) is 11.5. The number of hydrogen-bond donors (Lipinski definition) is 0. The van der Waals surface area contributed by atoms with Crippen molar-refractivity contribution >= 4 is 30.1 Å². The van der Waals surface area contributed by atoms with Gasteiger partial charge in [-0.3, -0.25) is 4.79 Å². The molecule has 48 heavy (non-hydrogen) atoms. The van der Waals surface area contributed by atoms with Crippen LogP contribution in [0, 0.1) is 0 Å². The zero-order valence-electron chi connectivity index (χ0n) is 27.4. The fraction of sp³-hybridized carbons (Fsp3) is 0.325. The summed E-state index contributed by atoms with van der Waals surface area (Å²) in [5.41, 5.74) is 4.40. The van der Waals surface area contributed by atoms with Crippen LogP contribution in [-0.2, 0) is 28.6 Å². The summed E-state index contributed by atoms with van der Waals surface area (Å²) in [6.07, 6.45) is 11.3. The van der Waals surface area contributed by atoms with Gasteiger partial charge in [-0.25, -0.2) is 9.59 Å². The molecule has 0 N–H and O–H groups in total. The van der Waals surface area contributed by atoms with Crippen molar-refractivity contribution in [2.45, 2.75) is 57.5 Å². The highest BCUT2D eigenvalue weighted by molar-refractivity contribution is 5.93. The Morgan fingerprint density at radius 2 is 1.17 bits per heavy atom. The molecule has 1 fully saturated rings. The van der Waals surface area contributed by atoms with E-state index >= 15 is 0 Å². The molecule has 0 radical (unpaired) electrons. The van der Waals surface area contributed by atoms with Gasteiger partial charge in [0.1, 0.15) is 17.6 Å². The monoisotopic (exact) mass is 652 g/mol. The largest absolute Gasteiger partial charge is 0.493 e. The second kappa shape index (κ2) is 19.5. The fourth-order valence-corrected chi connectivity index (χ4v) is 5.05. The molecule has 252 valence electrons. The van der Waals surface area contributed by atoms with Crippen molar-refractivity contribution in [1.29, 1.82) is 0 Å². The van der Waals surface area contributed by atoms with E-state index < -0.39 is 17.9 Å². The van der Waals surface area contributed by atoms with Crippen LogP contribution < -0.4 is 9.47 Å². The SMILES string of the molecule is C=CC(=O)OCCCOc1ccc(/C=C/c2ccc(-c3ccc(OCCCOC(=O)C(=C)CC(=O)OC4CCCCC4)cc3)cc2)cc1. The van der Waals surface area contributed by atoms with E-state index in [9.17, 15) is 14.4 Å². The lowest BCUT2D eigenvalue weighted by Crippen LogP contribution is -2.22. The number of esters is 3. The summed E-state index contributed by atoms with van der Waals surface area (Å²) in [5, 5.41) is 0. The topological polar surface area (TPSA) is 97.4 Å². The number of benzene rings is 3. The molecule has 0 aromatic heterocycles. The highest BCUT2D eigenvalue weighted by Crippen LogP contribution is 2.24. The van der Waals surface area contributed by atoms with Crippen LogP contribution in [0.5, 0.6) is 11.5 Å². The molecule has 1 saturated carbocycles. The van der Waals surface area contributed by atoms with E-state index in [1.165, 1.54) is 6.42 Å². The molecule has 1 aliphatic rings. The Balaban J connectivity index is 1.11. The maximum absolute atomic E-state index is 12.2. The minimum Gasteiger partial charge on any atom is -0.493 e. The molecule has 8 nitrogen and oxygen atoms in total. The zero-order chi connectivity index (χ0) is 34.0. The lowest BCUT2D eigenvalue weighted by atomic mass is 9.98. The Kier molecular flexibility index (Phi) is 14.5. The molecule has 0 aliphatic heterocycles. The first kappa shape index (κ1) is 35.7. The number of rotatable bonds is 18. The van der Waals surface area contributed by atoms with E-state index in [1.54, 1.807) is 0 Å². The Morgan fingerprint density at radius 1 is 0.667 bits per heavy atom. The minimum atomic E-state index is -0.583. The molecule has 0 atom stereocenters. The predicted octanol–water partition coefficient (Wildman–Crippen LogP) is 8.16. The van der Waals surface area contributed by atoms with Gasteiger partial charge in [0.2, 0.25) is 0 Å². The molecule has 0 heterocycles. The second-order valence-corrected chi connectivity index (χ2v) is 11.5. The third kappa shape index (κ3) is 12.6. The first-order valence-electron chi connectivity index (χ1n) is 16.5. The summed E-state index contributed by atoms with van der Waals surface area (Å²) in [6, 6.07) is 24.0. The van der Waals surface area contributed by atoms with Crippen molar-refractivity contribution in [3.63, 3.8) is 0 Å². The third-order valence-electron chi connectivity index (χ3n) is 7.70. The van der Waals surface area contributed by atoms with Crippen LogP contribution >= 0.6 is 0 Å². The van der Waals surface area contributed by atoms with E-state index in [-0.39, 0.29) is 24.7 Å². The zero-order valence-corrected chi connectivity index (χ0v) is 27.4. The molecule has 8 heteroatoms. The van der Waals surface area contributed by atoms with Crippen LogP contribution in [-0.4, -0.2) is 50.4 Å². The van der Waals surface area contributed by atoms with Crippen LogP contribution in [0.25, 0.3) is 23.3 Å². The van der Waals surface area contributed by atoms with E-state index in [1.807, 2.05) is 54.6 Å². The average molecular weight is 653 g/mol. The lowest BCUT2D eigenvalue weighted by Gasteiger charge is -2.21. The van der Waals surface area contributed by atoms with Gasteiger partial charge < -0.3 is 23.7 Å². The average Bonchev–Trinajstić information content (AvgIpc) is 3.11. The van der Waals surface area contributed by atoms with Crippen LogP contribution in [0.3, 0.4) is 0 Å². The highest BCUT2D eigenvalue weighted by Gasteiger charge is 2.20. The van der Waals surface area contributed by atoms with Gasteiger partial charge >= 0.3 is 17.9 Å². The first-order chi connectivity index (χ1) is 23.4. The normalized spacial score (nSPS) is 13.0. The van der Waals surface area contributed by atoms with Crippen molar-refractivity contribution < 1.29 is 38.1 Å². The summed E-state index contributed by atoms with van der Waals surface area (Å²) in [6.45, 7) is 8.37.